The molecule has 0 aliphatic rings. The molecule has 160 valence electrons. The van der Waals surface area contributed by atoms with Gasteiger partial charge in [0.05, 0.1) is 27.3 Å². The Morgan fingerprint density at radius 1 is 1.07 bits per heavy atom. The number of nitrogens with zero attached hydrogens (tertiary/aromatic N) is 2. The van der Waals surface area contributed by atoms with E-state index in [4.69, 9.17) is 14.2 Å². The molecule has 29 heavy (non-hydrogen) atoms. The summed E-state index contributed by atoms with van der Waals surface area (Å²) in [4.78, 5) is 6.60. The number of aliphatic imine (C=N–C) groups is 1. The summed E-state index contributed by atoms with van der Waals surface area (Å²) in [5.41, 5.74) is 0.706. The van der Waals surface area contributed by atoms with Crippen LogP contribution in [0.3, 0.4) is 0 Å². The number of likely N-dealkylation sites (N-methyl/N-ethyl adjacent to an activating group) is 1. The Labute approximate surface area is 189 Å². The summed E-state index contributed by atoms with van der Waals surface area (Å²) in [6.07, 6.45) is 0. The largest absolute Gasteiger partial charge is 0.504 e. The third-order valence-electron chi connectivity index (χ3n) is 4.15. The average Bonchev–Trinajstić information content (AvgIpc) is 2.72. The Hall–Kier alpha value is -2.36. The van der Waals surface area contributed by atoms with Crippen molar-refractivity contribution in [3.63, 3.8) is 0 Å². The smallest absolute Gasteiger partial charge is 0.194 e. The van der Waals surface area contributed by atoms with Crippen molar-refractivity contribution >= 4 is 29.9 Å². The topological polar surface area (TPSA) is 75.6 Å². The number of rotatable bonds is 9. The van der Waals surface area contributed by atoms with E-state index in [0.717, 1.165) is 24.0 Å². The zero-order valence-corrected chi connectivity index (χ0v) is 19.7. The second kappa shape index (κ2) is 13.0. The van der Waals surface area contributed by atoms with E-state index in [1.165, 1.54) is 7.11 Å². The van der Waals surface area contributed by atoms with Gasteiger partial charge in [0.2, 0.25) is 0 Å². The lowest BCUT2D eigenvalue weighted by Gasteiger charge is -2.22. The van der Waals surface area contributed by atoms with Gasteiger partial charge in [-0.15, -0.1) is 24.0 Å². The fourth-order valence-corrected chi connectivity index (χ4v) is 2.57. The molecular formula is C21H30IN3O4. The van der Waals surface area contributed by atoms with Crippen molar-refractivity contribution in [3.05, 3.63) is 48.0 Å². The van der Waals surface area contributed by atoms with Gasteiger partial charge in [-0.3, -0.25) is 0 Å². The monoisotopic (exact) mass is 515 g/mol. The number of phenols is 1. The summed E-state index contributed by atoms with van der Waals surface area (Å²) in [6.45, 7) is 4.27. The van der Waals surface area contributed by atoms with Crippen LogP contribution in [0.4, 0.5) is 0 Å². The number of aromatic hydroxyl groups is 1. The minimum absolute atomic E-state index is 0. The van der Waals surface area contributed by atoms with Crippen LogP contribution in [0.2, 0.25) is 0 Å². The lowest BCUT2D eigenvalue weighted by atomic mass is 10.2. The zero-order chi connectivity index (χ0) is 20.4. The van der Waals surface area contributed by atoms with Gasteiger partial charge < -0.3 is 29.5 Å². The van der Waals surface area contributed by atoms with E-state index in [1.54, 1.807) is 13.2 Å². The highest BCUT2D eigenvalue weighted by atomic mass is 127. The second-order valence-corrected chi connectivity index (χ2v) is 6.08. The van der Waals surface area contributed by atoms with Gasteiger partial charge in [0.1, 0.15) is 18.1 Å². The molecule has 0 unspecified atom stereocenters. The van der Waals surface area contributed by atoms with Crippen LogP contribution in [0.5, 0.6) is 23.0 Å². The number of methoxy groups -OCH3 is 2. The molecular weight excluding hydrogens is 485 g/mol. The van der Waals surface area contributed by atoms with Crippen molar-refractivity contribution in [2.45, 2.75) is 13.5 Å². The van der Waals surface area contributed by atoms with Crippen LogP contribution in [-0.2, 0) is 6.54 Å². The first-order valence-corrected chi connectivity index (χ1v) is 9.20. The van der Waals surface area contributed by atoms with Crippen LogP contribution in [0.25, 0.3) is 0 Å². The normalized spacial score (nSPS) is 10.7. The van der Waals surface area contributed by atoms with Crippen molar-refractivity contribution in [1.82, 2.24) is 10.2 Å². The van der Waals surface area contributed by atoms with Crippen LogP contribution >= 0.6 is 24.0 Å². The number of phenolic OH excluding ortho intramolecular Hbond substituents is 1. The molecule has 0 aliphatic heterocycles. The SMILES string of the molecule is CCNC(=NCc1cccc(OC)c1O)N(C)CCOc1ccc(OC)cc1.I. The molecule has 0 radical (unpaired) electrons. The van der Waals surface area contributed by atoms with Crippen LogP contribution < -0.4 is 19.5 Å². The van der Waals surface area contributed by atoms with Gasteiger partial charge in [-0.2, -0.15) is 0 Å². The van der Waals surface area contributed by atoms with Gasteiger partial charge >= 0.3 is 0 Å². The molecule has 0 amide bonds. The second-order valence-electron chi connectivity index (χ2n) is 6.08. The van der Waals surface area contributed by atoms with E-state index in [0.29, 0.717) is 31.0 Å². The van der Waals surface area contributed by atoms with E-state index in [2.05, 4.69) is 10.3 Å². The van der Waals surface area contributed by atoms with Crippen LogP contribution in [-0.4, -0.2) is 56.9 Å². The van der Waals surface area contributed by atoms with Gasteiger partial charge in [0, 0.05) is 19.2 Å². The summed E-state index contributed by atoms with van der Waals surface area (Å²) in [7, 11) is 5.12. The molecule has 0 atom stereocenters. The van der Waals surface area contributed by atoms with Gasteiger partial charge in [0.25, 0.3) is 0 Å². The summed E-state index contributed by atoms with van der Waals surface area (Å²) in [5.74, 6) is 2.89. The van der Waals surface area contributed by atoms with Crippen LogP contribution in [0.1, 0.15) is 12.5 Å². The van der Waals surface area contributed by atoms with E-state index < -0.39 is 0 Å². The molecule has 0 spiro atoms. The summed E-state index contributed by atoms with van der Waals surface area (Å²) >= 11 is 0. The average molecular weight is 515 g/mol. The van der Waals surface area contributed by atoms with E-state index in [-0.39, 0.29) is 29.7 Å². The summed E-state index contributed by atoms with van der Waals surface area (Å²) in [5, 5.41) is 13.5. The molecule has 2 N–H and O–H groups in total. The maximum Gasteiger partial charge on any atom is 0.194 e. The number of para-hydroxylation sites is 1. The molecule has 7 nitrogen and oxygen atoms in total. The first-order chi connectivity index (χ1) is 13.6. The molecule has 2 aromatic carbocycles. The molecule has 0 saturated heterocycles. The molecule has 2 rings (SSSR count). The van der Waals surface area contributed by atoms with E-state index in [9.17, 15) is 5.11 Å². The molecule has 0 bridgehead atoms. The molecule has 0 aromatic heterocycles. The Morgan fingerprint density at radius 2 is 1.76 bits per heavy atom. The van der Waals surface area contributed by atoms with Gasteiger partial charge in [-0.05, 0) is 37.3 Å². The van der Waals surface area contributed by atoms with E-state index in [1.807, 2.05) is 55.3 Å². The highest BCUT2D eigenvalue weighted by Crippen LogP contribution is 2.29. The van der Waals surface area contributed by atoms with E-state index >= 15 is 0 Å². The molecule has 0 saturated carbocycles. The molecule has 0 fully saturated rings. The zero-order valence-electron chi connectivity index (χ0n) is 17.3. The Morgan fingerprint density at radius 3 is 2.38 bits per heavy atom. The van der Waals surface area contributed by atoms with Crippen LogP contribution in [0.15, 0.2) is 47.5 Å². The number of ether oxygens (including phenoxy) is 3. The first-order valence-electron chi connectivity index (χ1n) is 9.20. The highest BCUT2D eigenvalue weighted by molar-refractivity contribution is 14.0. The first kappa shape index (κ1) is 24.7. The number of benzene rings is 2. The van der Waals surface area contributed by atoms with Crippen LogP contribution in [0, 0.1) is 0 Å². The Kier molecular flexibility index (Phi) is 11.0. The van der Waals surface area contributed by atoms with Crippen molar-refractivity contribution in [2.75, 3.05) is 41.0 Å². The van der Waals surface area contributed by atoms with Gasteiger partial charge in [-0.25, -0.2) is 4.99 Å². The quantitative estimate of drug-likeness (QED) is 0.303. The Bertz CT molecular complexity index is 769. The maximum atomic E-state index is 10.2. The lowest BCUT2D eigenvalue weighted by Crippen LogP contribution is -2.40. The summed E-state index contributed by atoms with van der Waals surface area (Å²) < 4.78 is 16.1. The Balaban J connectivity index is 0.00000420. The minimum Gasteiger partial charge on any atom is -0.504 e. The fraction of sp³-hybridized carbons (Fsp3) is 0.381. The molecule has 2 aromatic rings. The van der Waals surface area contributed by atoms with Gasteiger partial charge in [-0.1, -0.05) is 12.1 Å². The number of halogens is 1. The fourth-order valence-electron chi connectivity index (χ4n) is 2.57. The maximum absolute atomic E-state index is 10.2. The predicted molar refractivity (Wildman–Crippen MR) is 126 cm³/mol. The van der Waals surface area contributed by atoms with Crippen molar-refractivity contribution in [2.24, 2.45) is 4.99 Å². The standard InChI is InChI=1S/C21H29N3O4.HI/c1-5-22-21(23-15-16-7-6-8-19(27-4)20(16)25)24(2)13-14-28-18-11-9-17(26-3)10-12-18;/h6-12,25H,5,13-15H2,1-4H3,(H,22,23);1H. The number of guanidine groups is 1. The van der Waals surface area contributed by atoms with Crippen molar-refractivity contribution < 1.29 is 19.3 Å². The number of hydrogen-bond donors (Lipinski definition) is 2. The van der Waals surface area contributed by atoms with Crippen molar-refractivity contribution in [3.8, 4) is 23.0 Å². The highest BCUT2D eigenvalue weighted by Gasteiger charge is 2.09. The van der Waals surface area contributed by atoms with Gasteiger partial charge in [0.15, 0.2) is 17.5 Å². The third-order valence-corrected chi connectivity index (χ3v) is 4.15. The molecule has 0 aliphatic carbocycles. The number of hydrogen-bond acceptors (Lipinski definition) is 5. The minimum atomic E-state index is 0. The lowest BCUT2D eigenvalue weighted by molar-refractivity contribution is 0.281. The predicted octanol–water partition coefficient (Wildman–Crippen LogP) is 3.50. The molecule has 0 heterocycles. The third kappa shape index (κ3) is 7.52. The summed E-state index contributed by atoms with van der Waals surface area (Å²) in [6, 6.07) is 12.9. The van der Waals surface area contributed by atoms with Crippen molar-refractivity contribution in [1.29, 1.82) is 0 Å². The molecule has 8 heteroatoms. The number of nitrogens with one attached hydrogen (secondary N) is 1.